The molecule has 1 aromatic carbocycles. The molecule has 0 aliphatic rings. The maximum absolute atomic E-state index is 12.5. The number of amides is 1. The van der Waals surface area contributed by atoms with Gasteiger partial charge in [0.15, 0.2) is 0 Å². The van der Waals surface area contributed by atoms with Crippen molar-refractivity contribution in [1.29, 1.82) is 0 Å². The van der Waals surface area contributed by atoms with Crippen molar-refractivity contribution >= 4 is 22.6 Å². The standard InChI is InChI=1S/C16H16N4O2/c1-8-4-5-17-7-11(8)15(21)19-13-10(3)9(2)6-12-14(13)20-16(22)18-12/h4-7H,1-3H3,(H,19,21)(H2,18,20,22). The van der Waals surface area contributed by atoms with Crippen LogP contribution in [0.25, 0.3) is 11.0 Å². The fraction of sp³-hybridized carbons (Fsp3) is 0.188. The number of carbonyl (C=O) groups is 1. The fourth-order valence-corrected chi connectivity index (χ4v) is 2.45. The molecule has 6 heteroatoms. The minimum Gasteiger partial charge on any atom is -0.320 e. The number of aromatic nitrogens is 3. The summed E-state index contributed by atoms with van der Waals surface area (Å²) >= 11 is 0. The van der Waals surface area contributed by atoms with E-state index in [0.29, 0.717) is 22.3 Å². The van der Waals surface area contributed by atoms with Gasteiger partial charge in [0.05, 0.1) is 22.3 Å². The summed E-state index contributed by atoms with van der Waals surface area (Å²) in [7, 11) is 0. The van der Waals surface area contributed by atoms with E-state index in [0.717, 1.165) is 16.7 Å². The molecule has 0 bridgehead atoms. The van der Waals surface area contributed by atoms with Gasteiger partial charge in [-0.05, 0) is 49.6 Å². The van der Waals surface area contributed by atoms with Crippen molar-refractivity contribution < 1.29 is 4.79 Å². The largest absolute Gasteiger partial charge is 0.323 e. The first-order chi connectivity index (χ1) is 10.5. The summed E-state index contributed by atoms with van der Waals surface area (Å²) in [6, 6.07) is 3.67. The summed E-state index contributed by atoms with van der Waals surface area (Å²) < 4.78 is 0. The molecule has 1 amide bonds. The second-order valence-corrected chi connectivity index (χ2v) is 5.34. The molecule has 0 radical (unpaired) electrons. The van der Waals surface area contributed by atoms with Crippen LogP contribution in [0.15, 0.2) is 29.3 Å². The zero-order chi connectivity index (χ0) is 15.9. The molecular weight excluding hydrogens is 280 g/mol. The number of aromatic amines is 2. The normalized spacial score (nSPS) is 10.9. The smallest absolute Gasteiger partial charge is 0.320 e. The summed E-state index contributed by atoms with van der Waals surface area (Å²) in [4.78, 5) is 33.5. The maximum Gasteiger partial charge on any atom is 0.323 e. The molecule has 112 valence electrons. The number of hydrogen-bond acceptors (Lipinski definition) is 3. The molecule has 0 saturated carbocycles. The highest BCUT2D eigenvalue weighted by Gasteiger charge is 2.15. The van der Waals surface area contributed by atoms with Gasteiger partial charge >= 0.3 is 5.69 Å². The second-order valence-electron chi connectivity index (χ2n) is 5.34. The maximum atomic E-state index is 12.5. The van der Waals surface area contributed by atoms with Gasteiger partial charge in [0, 0.05) is 12.4 Å². The Morgan fingerprint density at radius 3 is 2.68 bits per heavy atom. The minimum absolute atomic E-state index is 0.248. The highest BCUT2D eigenvalue weighted by Crippen LogP contribution is 2.27. The van der Waals surface area contributed by atoms with Crippen LogP contribution in [0.3, 0.4) is 0 Å². The Hall–Kier alpha value is -2.89. The van der Waals surface area contributed by atoms with E-state index < -0.39 is 0 Å². The monoisotopic (exact) mass is 296 g/mol. The molecule has 0 atom stereocenters. The van der Waals surface area contributed by atoms with Crippen molar-refractivity contribution in [3.8, 4) is 0 Å². The molecule has 3 N–H and O–H groups in total. The highest BCUT2D eigenvalue weighted by molar-refractivity contribution is 6.09. The number of nitrogens with one attached hydrogen (secondary N) is 3. The lowest BCUT2D eigenvalue weighted by Crippen LogP contribution is -2.15. The van der Waals surface area contributed by atoms with Crippen LogP contribution in [-0.4, -0.2) is 20.9 Å². The Kier molecular flexibility index (Phi) is 3.29. The van der Waals surface area contributed by atoms with E-state index in [1.54, 1.807) is 12.3 Å². The van der Waals surface area contributed by atoms with Crippen molar-refractivity contribution in [2.75, 3.05) is 5.32 Å². The van der Waals surface area contributed by atoms with E-state index in [1.165, 1.54) is 6.20 Å². The fourth-order valence-electron chi connectivity index (χ4n) is 2.45. The number of pyridine rings is 1. The first kappa shape index (κ1) is 14.1. The number of fused-ring (bicyclic) bond motifs is 1. The average Bonchev–Trinajstić information content (AvgIpc) is 2.84. The zero-order valence-corrected chi connectivity index (χ0v) is 12.6. The predicted molar refractivity (Wildman–Crippen MR) is 85.3 cm³/mol. The van der Waals surface area contributed by atoms with E-state index in [4.69, 9.17) is 0 Å². The molecule has 3 aromatic rings. The molecule has 3 rings (SSSR count). The SMILES string of the molecule is Cc1ccncc1C(=O)Nc1c(C)c(C)cc2[nH]c(=O)[nH]c12. The molecule has 6 nitrogen and oxygen atoms in total. The summed E-state index contributed by atoms with van der Waals surface area (Å²) in [6.45, 7) is 5.70. The zero-order valence-electron chi connectivity index (χ0n) is 12.6. The number of carbonyl (C=O) groups excluding carboxylic acids is 1. The van der Waals surface area contributed by atoms with Crippen LogP contribution >= 0.6 is 0 Å². The van der Waals surface area contributed by atoms with Crippen molar-refractivity contribution in [1.82, 2.24) is 15.0 Å². The predicted octanol–water partition coefficient (Wildman–Crippen LogP) is 2.43. The summed E-state index contributed by atoms with van der Waals surface area (Å²) in [5.74, 6) is -0.248. The van der Waals surface area contributed by atoms with Crippen LogP contribution in [0.5, 0.6) is 0 Å². The molecule has 0 aliphatic carbocycles. The van der Waals surface area contributed by atoms with Crippen LogP contribution in [0.2, 0.25) is 0 Å². The third kappa shape index (κ3) is 2.28. The van der Waals surface area contributed by atoms with Crippen LogP contribution in [0.4, 0.5) is 5.69 Å². The van der Waals surface area contributed by atoms with Gasteiger partial charge < -0.3 is 15.3 Å². The lowest BCUT2D eigenvalue weighted by Gasteiger charge is -2.12. The Balaban J connectivity index is 2.11. The minimum atomic E-state index is -0.298. The first-order valence-electron chi connectivity index (χ1n) is 6.91. The Labute approximate surface area is 126 Å². The van der Waals surface area contributed by atoms with E-state index >= 15 is 0 Å². The Morgan fingerprint density at radius 1 is 1.18 bits per heavy atom. The number of H-pyrrole nitrogens is 2. The van der Waals surface area contributed by atoms with E-state index in [9.17, 15) is 9.59 Å². The van der Waals surface area contributed by atoms with Crippen molar-refractivity contribution in [2.24, 2.45) is 0 Å². The number of anilines is 1. The van der Waals surface area contributed by atoms with Crippen LogP contribution in [0.1, 0.15) is 27.0 Å². The van der Waals surface area contributed by atoms with E-state index in [-0.39, 0.29) is 11.6 Å². The van der Waals surface area contributed by atoms with Crippen LogP contribution < -0.4 is 11.0 Å². The number of benzene rings is 1. The van der Waals surface area contributed by atoms with Gasteiger partial charge in [0.2, 0.25) is 0 Å². The van der Waals surface area contributed by atoms with Crippen LogP contribution in [-0.2, 0) is 0 Å². The van der Waals surface area contributed by atoms with Crippen LogP contribution in [0, 0.1) is 20.8 Å². The molecule has 0 fully saturated rings. The first-order valence-corrected chi connectivity index (χ1v) is 6.91. The number of aryl methyl sites for hydroxylation is 2. The molecule has 0 aliphatic heterocycles. The molecule has 2 heterocycles. The van der Waals surface area contributed by atoms with Gasteiger partial charge in [-0.25, -0.2) is 4.79 Å². The highest BCUT2D eigenvalue weighted by atomic mass is 16.2. The van der Waals surface area contributed by atoms with E-state index in [1.807, 2.05) is 26.8 Å². The number of hydrogen-bond donors (Lipinski definition) is 3. The molecule has 0 unspecified atom stereocenters. The quantitative estimate of drug-likeness (QED) is 0.678. The molecule has 0 saturated heterocycles. The Bertz CT molecular complexity index is 937. The third-order valence-electron chi connectivity index (χ3n) is 3.86. The van der Waals surface area contributed by atoms with E-state index in [2.05, 4.69) is 20.3 Å². The van der Waals surface area contributed by atoms with Gasteiger partial charge in [-0.15, -0.1) is 0 Å². The summed E-state index contributed by atoms with van der Waals surface area (Å²) in [5, 5.41) is 2.90. The third-order valence-corrected chi connectivity index (χ3v) is 3.86. The average molecular weight is 296 g/mol. The van der Waals surface area contributed by atoms with Crippen molar-refractivity contribution in [2.45, 2.75) is 20.8 Å². The summed E-state index contributed by atoms with van der Waals surface area (Å²) in [6.07, 6.45) is 3.18. The second kappa shape index (κ2) is 5.14. The lowest BCUT2D eigenvalue weighted by atomic mass is 10.1. The number of imidazole rings is 1. The molecule has 22 heavy (non-hydrogen) atoms. The van der Waals surface area contributed by atoms with Gasteiger partial charge in [-0.2, -0.15) is 0 Å². The van der Waals surface area contributed by atoms with Crippen molar-refractivity contribution in [3.63, 3.8) is 0 Å². The summed E-state index contributed by atoms with van der Waals surface area (Å²) in [5.41, 5.74) is 4.84. The molecule has 0 spiro atoms. The van der Waals surface area contributed by atoms with Crippen molar-refractivity contribution in [3.05, 3.63) is 57.3 Å². The van der Waals surface area contributed by atoms with Gasteiger partial charge in [0.25, 0.3) is 5.91 Å². The van der Waals surface area contributed by atoms with Gasteiger partial charge in [-0.3, -0.25) is 9.78 Å². The molecular formula is C16H16N4O2. The Morgan fingerprint density at radius 2 is 1.95 bits per heavy atom. The lowest BCUT2D eigenvalue weighted by molar-refractivity contribution is 0.102. The van der Waals surface area contributed by atoms with Gasteiger partial charge in [0.1, 0.15) is 0 Å². The molecule has 2 aromatic heterocycles. The van der Waals surface area contributed by atoms with Gasteiger partial charge in [-0.1, -0.05) is 0 Å². The topological polar surface area (TPSA) is 90.6 Å². The number of nitrogens with zero attached hydrogens (tertiary/aromatic N) is 1. The number of rotatable bonds is 2.